The predicted octanol–water partition coefficient (Wildman–Crippen LogP) is 3.12. The molecule has 0 N–H and O–H groups in total. The van der Waals surface area contributed by atoms with Crippen LogP contribution in [0.4, 0.5) is 0 Å². The Morgan fingerprint density at radius 1 is 1.55 bits per heavy atom. The third kappa shape index (κ3) is 2.15. The van der Waals surface area contributed by atoms with Crippen LogP contribution < -0.4 is 0 Å². The highest BCUT2D eigenvalue weighted by molar-refractivity contribution is 9.10. The lowest BCUT2D eigenvalue weighted by Crippen LogP contribution is -2.20. The van der Waals surface area contributed by atoms with Crippen LogP contribution >= 0.6 is 15.9 Å². The molecule has 106 valence electrons. The van der Waals surface area contributed by atoms with E-state index < -0.39 is 0 Å². The highest BCUT2D eigenvalue weighted by Crippen LogP contribution is 2.38. The standard InChI is InChI=1S/C15H16BrNO3/c1-17-12-6-10(16)3-4-11(12)15-9(5-14(18)19-2)7-20-8-13(15)17/h3-4,6,9H,5,7-8H2,1-2H3/t9-/m0/s1. The van der Waals surface area contributed by atoms with Gasteiger partial charge in [0.25, 0.3) is 0 Å². The third-order valence-corrected chi connectivity index (χ3v) is 4.43. The molecule has 0 aliphatic carbocycles. The van der Waals surface area contributed by atoms with Crippen molar-refractivity contribution in [3.8, 4) is 0 Å². The summed E-state index contributed by atoms with van der Waals surface area (Å²) in [5, 5.41) is 1.20. The van der Waals surface area contributed by atoms with Crippen molar-refractivity contribution in [2.75, 3.05) is 13.7 Å². The van der Waals surface area contributed by atoms with E-state index in [0.29, 0.717) is 19.6 Å². The first kappa shape index (κ1) is 13.6. The van der Waals surface area contributed by atoms with Crippen molar-refractivity contribution in [3.05, 3.63) is 33.9 Å². The second kappa shape index (κ2) is 5.22. The summed E-state index contributed by atoms with van der Waals surface area (Å²) in [5.74, 6) is -0.128. The molecule has 2 aromatic rings. The Morgan fingerprint density at radius 2 is 2.35 bits per heavy atom. The maximum absolute atomic E-state index is 11.6. The molecule has 0 saturated heterocycles. The second-order valence-electron chi connectivity index (χ2n) is 5.07. The van der Waals surface area contributed by atoms with Gasteiger partial charge in [0, 0.05) is 34.0 Å². The van der Waals surface area contributed by atoms with E-state index in [0.717, 1.165) is 15.7 Å². The zero-order valence-corrected chi connectivity index (χ0v) is 13.1. The first-order valence-electron chi connectivity index (χ1n) is 6.53. The molecule has 2 heterocycles. The zero-order chi connectivity index (χ0) is 14.3. The SMILES string of the molecule is COC(=O)C[C@H]1COCc2c1c1ccc(Br)cc1n2C. The van der Waals surface area contributed by atoms with E-state index in [1.54, 1.807) is 0 Å². The van der Waals surface area contributed by atoms with E-state index in [-0.39, 0.29) is 11.9 Å². The van der Waals surface area contributed by atoms with E-state index in [9.17, 15) is 4.79 Å². The lowest BCUT2D eigenvalue weighted by atomic mass is 9.92. The smallest absolute Gasteiger partial charge is 0.306 e. The van der Waals surface area contributed by atoms with Gasteiger partial charge in [0.15, 0.2) is 0 Å². The van der Waals surface area contributed by atoms with Gasteiger partial charge in [-0.2, -0.15) is 0 Å². The van der Waals surface area contributed by atoms with Crippen LogP contribution in [0, 0.1) is 0 Å². The molecule has 1 aliphatic rings. The molecule has 1 aliphatic heterocycles. The molecular formula is C15H16BrNO3. The number of carbonyl (C=O) groups is 1. The van der Waals surface area contributed by atoms with Gasteiger partial charge >= 0.3 is 5.97 Å². The van der Waals surface area contributed by atoms with Crippen molar-refractivity contribution in [3.63, 3.8) is 0 Å². The quantitative estimate of drug-likeness (QED) is 0.790. The number of fused-ring (bicyclic) bond motifs is 3. The summed E-state index contributed by atoms with van der Waals surface area (Å²) in [6.45, 7) is 1.16. The number of hydrogen-bond donors (Lipinski definition) is 0. The molecule has 1 aromatic heterocycles. The van der Waals surface area contributed by atoms with E-state index in [4.69, 9.17) is 9.47 Å². The Balaban J connectivity index is 2.14. The maximum atomic E-state index is 11.6. The fourth-order valence-electron chi connectivity index (χ4n) is 2.95. The molecule has 0 amide bonds. The molecule has 5 heteroatoms. The Bertz CT molecular complexity index is 677. The third-order valence-electron chi connectivity index (χ3n) is 3.93. The van der Waals surface area contributed by atoms with Gasteiger partial charge in [-0.05, 0) is 17.7 Å². The Hall–Kier alpha value is -1.33. The van der Waals surface area contributed by atoms with Crippen LogP contribution in [0.2, 0.25) is 0 Å². The fraction of sp³-hybridized carbons (Fsp3) is 0.400. The fourth-order valence-corrected chi connectivity index (χ4v) is 3.30. The van der Waals surface area contributed by atoms with E-state index >= 15 is 0 Å². The molecule has 0 radical (unpaired) electrons. The Kier molecular flexibility index (Phi) is 3.56. The normalized spacial score (nSPS) is 18.1. The van der Waals surface area contributed by atoms with Gasteiger partial charge in [0.05, 0.1) is 26.7 Å². The van der Waals surface area contributed by atoms with Gasteiger partial charge in [0.2, 0.25) is 0 Å². The van der Waals surface area contributed by atoms with Gasteiger partial charge in [-0.3, -0.25) is 4.79 Å². The summed E-state index contributed by atoms with van der Waals surface area (Å²) in [6.07, 6.45) is 0.360. The molecule has 0 unspecified atom stereocenters. The number of rotatable bonds is 2. The lowest BCUT2D eigenvalue weighted by molar-refractivity contribution is -0.141. The van der Waals surface area contributed by atoms with Crippen LogP contribution in [0.15, 0.2) is 22.7 Å². The lowest BCUT2D eigenvalue weighted by Gasteiger charge is -2.23. The molecular weight excluding hydrogens is 322 g/mol. The van der Waals surface area contributed by atoms with Crippen LogP contribution in [0.5, 0.6) is 0 Å². The highest BCUT2D eigenvalue weighted by Gasteiger charge is 2.29. The van der Waals surface area contributed by atoms with Crippen LogP contribution in [0.3, 0.4) is 0 Å². The number of aromatic nitrogens is 1. The topological polar surface area (TPSA) is 40.5 Å². The number of carbonyl (C=O) groups excluding carboxylic acids is 1. The van der Waals surface area contributed by atoms with E-state index in [1.165, 1.54) is 18.1 Å². The molecule has 1 atom stereocenters. The average Bonchev–Trinajstić information content (AvgIpc) is 2.73. The minimum Gasteiger partial charge on any atom is -0.469 e. The molecule has 20 heavy (non-hydrogen) atoms. The molecule has 3 rings (SSSR count). The first-order valence-corrected chi connectivity index (χ1v) is 7.32. The van der Waals surface area contributed by atoms with Crippen LogP contribution in [0.25, 0.3) is 10.9 Å². The van der Waals surface area contributed by atoms with Gasteiger partial charge < -0.3 is 14.0 Å². The van der Waals surface area contributed by atoms with E-state index in [1.807, 2.05) is 13.1 Å². The molecule has 0 fully saturated rings. The summed E-state index contributed by atoms with van der Waals surface area (Å²) in [4.78, 5) is 11.6. The van der Waals surface area contributed by atoms with Crippen molar-refractivity contribution < 1.29 is 14.3 Å². The summed E-state index contributed by atoms with van der Waals surface area (Å²) >= 11 is 3.51. The van der Waals surface area contributed by atoms with Crippen molar-refractivity contribution in [2.45, 2.75) is 18.9 Å². The monoisotopic (exact) mass is 337 g/mol. The van der Waals surface area contributed by atoms with Crippen molar-refractivity contribution in [1.82, 2.24) is 4.57 Å². The van der Waals surface area contributed by atoms with Crippen molar-refractivity contribution in [2.24, 2.45) is 7.05 Å². The van der Waals surface area contributed by atoms with Crippen LogP contribution in [-0.4, -0.2) is 24.3 Å². The summed E-state index contributed by atoms with van der Waals surface area (Å²) in [5.41, 5.74) is 3.54. The Morgan fingerprint density at radius 3 is 3.10 bits per heavy atom. The molecule has 4 nitrogen and oxygen atoms in total. The number of aryl methyl sites for hydroxylation is 1. The number of methoxy groups -OCH3 is 1. The van der Waals surface area contributed by atoms with E-state index in [2.05, 4.69) is 32.6 Å². The molecule has 0 saturated carbocycles. The van der Waals surface area contributed by atoms with Crippen molar-refractivity contribution >= 4 is 32.8 Å². The summed E-state index contributed by atoms with van der Waals surface area (Å²) in [6, 6.07) is 6.24. The number of esters is 1. The maximum Gasteiger partial charge on any atom is 0.306 e. The van der Waals surface area contributed by atoms with Gasteiger partial charge in [-0.15, -0.1) is 0 Å². The minimum atomic E-state index is -0.194. The predicted molar refractivity (Wildman–Crippen MR) is 79.6 cm³/mol. The number of ether oxygens (including phenoxy) is 2. The number of hydrogen-bond acceptors (Lipinski definition) is 3. The number of nitrogens with zero attached hydrogens (tertiary/aromatic N) is 1. The number of halogens is 1. The van der Waals surface area contributed by atoms with Crippen molar-refractivity contribution in [1.29, 1.82) is 0 Å². The molecule has 0 bridgehead atoms. The summed E-state index contributed by atoms with van der Waals surface area (Å²) < 4.78 is 13.7. The highest BCUT2D eigenvalue weighted by atomic mass is 79.9. The first-order chi connectivity index (χ1) is 9.61. The molecule has 0 spiro atoms. The van der Waals surface area contributed by atoms with Gasteiger partial charge in [-0.25, -0.2) is 0 Å². The Labute approximate surface area is 125 Å². The second-order valence-corrected chi connectivity index (χ2v) is 5.99. The zero-order valence-electron chi connectivity index (χ0n) is 11.5. The minimum absolute atomic E-state index is 0.0658. The van der Waals surface area contributed by atoms with Crippen LogP contribution in [-0.2, 0) is 27.9 Å². The summed E-state index contributed by atoms with van der Waals surface area (Å²) in [7, 11) is 3.46. The number of benzene rings is 1. The van der Waals surface area contributed by atoms with Gasteiger partial charge in [-0.1, -0.05) is 22.0 Å². The molecule has 1 aromatic carbocycles. The average molecular weight is 338 g/mol. The van der Waals surface area contributed by atoms with Gasteiger partial charge in [0.1, 0.15) is 0 Å². The largest absolute Gasteiger partial charge is 0.469 e. The van der Waals surface area contributed by atoms with Crippen LogP contribution in [0.1, 0.15) is 23.6 Å².